The molecule has 4 rings (SSSR count). The van der Waals surface area contributed by atoms with Crippen LogP contribution in [0.3, 0.4) is 0 Å². The van der Waals surface area contributed by atoms with Gasteiger partial charge in [0.05, 0.1) is 5.56 Å². The summed E-state index contributed by atoms with van der Waals surface area (Å²) in [7, 11) is 0. The van der Waals surface area contributed by atoms with E-state index in [0.717, 1.165) is 69.1 Å². The molecule has 1 unspecified atom stereocenters. The normalized spacial score (nSPS) is 21.3. The molecule has 2 atom stereocenters. The van der Waals surface area contributed by atoms with E-state index in [0.29, 0.717) is 17.1 Å². The van der Waals surface area contributed by atoms with Crippen molar-refractivity contribution in [1.82, 2.24) is 15.0 Å². The average molecular weight is 459 g/mol. The summed E-state index contributed by atoms with van der Waals surface area (Å²) in [4.78, 5) is 32.0. The van der Waals surface area contributed by atoms with Crippen molar-refractivity contribution in [3.63, 3.8) is 0 Å². The van der Waals surface area contributed by atoms with Crippen molar-refractivity contribution in [1.29, 1.82) is 0 Å². The lowest BCUT2D eigenvalue weighted by Crippen LogP contribution is -2.53. The summed E-state index contributed by atoms with van der Waals surface area (Å²) in [5.41, 5.74) is 1.23. The standard InChI is InChI=1S/C23H31ClN6O2/c1-4-6-17-11-18(22(31)32)13-25-21(17)28-9-10-29(16(3)14-28)20-12-19(24)26-23(27-20)30-8-5-7-15(30)2/h11-13,15-16H,4-10,14H2,1-3H3,(H,31,32)/t15?,16-/m1/s1. The molecule has 8 nitrogen and oxygen atoms in total. The van der Waals surface area contributed by atoms with E-state index in [1.54, 1.807) is 6.07 Å². The Morgan fingerprint density at radius 2 is 1.97 bits per heavy atom. The first-order chi connectivity index (χ1) is 15.4. The molecular weight excluding hydrogens is 428 g/mol. The molecule has 1 N–H and O–H groups in total. The minimum atomic E-state index is -0.941. The second kappa shape index (κ2) is 9.48. The summed E-state index contributed by atoms with van der Waals surface area (Å²) in [6, 6.07) is 4.22. The Labute approximate surface area is 194 Å². The molecule has 32 heavy (non-hydrogen) atoms. The molecule has 0 amide bonds. The Kier molecular flexibility index (Phi) is 6.69. The number of carbonyl (C=O) groups is 1. The first kappa shape index (κ1) is 22.6. The quantitative estimate of drug-likeness (QED) is 0.652. The number of rotatable bonds is 6. The van der Waals surface area contributed by atoms with Gasteiger partial charge in [0.15, 0.2) is 0 Å². The summed E-state index contributed by atoms with van der Waals surface area (Å²) in [5, 5.41) is 9.80. The molecule has 0 aliphatic carbocycles. The summed E-state index contributed by atoms with van der Waals surface area (Å²) >= 11 is 6.39. The fraction of sp³-hybridized carbons (Fsp3) is 0.565. The number of carboxylic acids is 1. The van der Waals surface area contributed by atoms with Gasteiger partial charge in [-0.3, -0.25) is 0 Å². The minimum Gasteiger partial charge on any atom is -0.478 e. The number of aromatic nitrogens is 3. The number of halogens is 1. The van der Waals surface area contributed by atoms with Gasteiger partial charge in [0.2, 0.25) is 5.95 Å². The summed E-state index contributed by atoms with van der Waals surface area (Å²) < 4.78 is 0. The number of hydrogen-bond donors (Lipinski definition) is 1. The smallest absolute Gasteiger partial charge is 0.337 e. The van der Waals surface area contributed by atoms with Gasteiger partial charge in [0.25, 0.3) is 0 Å². The molecule has 0 saturated carbocycles. The topological polar surface area (TPSA) is 85.7 Å². The number of carboxylic acid groups (broad SMARTS) is 1. The van der Waals surface area contributed by atoms with Gasteiger partial charge in [0, 0.05) is 50.5 Å². The fourth-order valence-corrected chi connectivity index (χ4v) is 4.92. The Bertz CT molecular complexity index is 987. The van der Waals surface area contributed by atoms with E-state index < -0.39 is 5.97 Å². The van der Waals surface area contributed by atoms with E-state index in [1.807, 2.05) is 6.07 Å². The van der Waals surface area contributed by atoms with Crippen LogP contribution < -0.4 is 14.7 Å². The number of hydrogen-bond acceptors (Lipinski definition) is 7. The van der Waals surface area contributed by atoms with Crippen LogP contribution in [0.15, 0.2) is 18.3 Å². The van der Waals surface area contributed by atoms with Crippen LogP contribution in [0.25, 0.3) is 0 Å². The van der Waals surface area contributed by atoms with Crippen LogP contribution in [0.4, 0.5) is 17.6 Å². The van der Waals surface area contributed by atoms with Gasteiger partial charge < -0.3 is 19.8 Å². The molecule has 4 heterocycles. The number of pyridine rings is 1. The van der Waals surface area contributed by atoms with Crippen molar-refractivity contribution in [2.75, 3.05) is 40.9 Å². The second-order valence-corrected chi connectivity index (χ2v) is 9.17. The Morgan fingerprint density at radius 1 is 1.16 bits per heavy atom. The number of piperazine rings is 1. The number of aryl methyl sites for hydroxylation is 1. The monoisotopic (exact) mass is 458 g/mol. The molecule has 0 bridgehead atoms. The Hall–Kier alpha value is -2.61. The molecule has 172 valence electrons. The molecule has 0 radical (unpaired) electrons. The third-order valence-corrected chi connectivity index (χ3v) is 6.60. The molecule has 2 aliphatic heterocycles. The van der Waals surface area contributed by atoms with Crippen molar-refractivity contribution in [2.45, 2.75) is 58.5 Å². The van der Waals surface area contributed by atoms with Crippen molar-refractivity contribution in [2.24, 2.45) is 0 Å². The highest BCUT2D eigenvalue weighted by atomic mass is 35.5. The maximum Gasteiger partial charge on any atom is 0.337 e. The van der Waals surface area contributed by atoms with E-state index in [2.05, 4.69) is 45.4 Å². The summed E-state index contributed by atoms with van der Waals surface area (Å²) in [5.74, 6) is 1.51. The highest BCUT2D eigenvalue weighted by molar-refractivity contribution is 6.29. The van der Waals surface area contributed by atoms with Gasteiger partial charge in [-0.1, -0.05) is 24.9 Å². The second-order valence-electron chi connectivity index (χ2n) is 8.78. The van der Waals surface area contributed by atoms with Crippen LogP contribution in [0.2, 0.25) is 5.15 Å². The van der Waals surface area contributed by atoms with Crippen LogP contribution in [0.1, 0.15) is 56.0 Å². The van der Waals surface area contributed by atoms with Gasteiger partial charge in [0.1, 0.15) is 16.8 Å². The SMILES string of the molecule is CCCc1cc(C(=O)O)cnc1N1CCN(c2cc(Cl)nc(N3CCCC3C)n2)[C@H](C)C1. The van der Waals surface area contributed by atoms with E-state index >= 15 is 0 Å². The predicted molar refractivity (Wildman–Crippen MR) is 127 cm³/mol. The van der Waals surface area contributed by atoms with E-state index in [1.165, 1.54) is 6.20 Å². The molecule has 2 aliphatic rings. The lowest BCUT2D eigenvalue weighted by molar-refractivity contribution is 0.0696. The van der Waals surface area contributed by atoms with Gasteiger partial charge in [-0.2, -0.15) is 4.98 Å². The first-order valence-electron chi connectivity index (χ1n) is 11.4. The van der Waals surface area contributed by atoms with Gasteiger partial charge in [-0.25, -0.2) is 14.8 Å². The summed E-state index contributed by atoms with van der Waals surface area (Å²) in [6.07, 6.45) is 5.49. The van der Waals surface area contributed by atoms with Crippen LogP contribution in [0.5, 0.6) is 0 Å². The zero-order valence-corrected chi connectivity index (χ0v) is 19.7. The minimum absolute atomic E-state index is 0.189. The first-order valence-corrected chi connectivity index (χ1v) is 11.8. The summed E-state index contributed by atoms with van der Waals surface area (Å²) in [6.45, 7) is 9.75. The Balaban J connectivity index is 1.54. The van der Waals surface area contributed by atoms with Crippen LogP contribution in [-0.4, -0.2) is 64.3 Å². The molecule has 2 fully saturated rings. The maximum absolute atomic E-state index is 11.4. The third-order valence-electron chi connectivity index (χ3n) is 6.41. The van der Waals surface area contributed by atoms with Gasteiger partial charge in [-0.15, -0.1) is 0 Å². The average Bonchev–Trinajstić information content (AvgIpc) is 3.19. The number of aromatic carboxylic acids is 1. The molecule has 9 heteroatoms. The van der Waals surface area contributed by atoms with Crippen molar-refractivity contribution in [3.8, 4) is 0 Å². The predicted octanol–water partition coefficient (Wildman–Crippen LogP) is 3.88. The molecule has 2 aromatic rings. The van der Waals surface area contributed by atoms with Gasteiger partial charge in [-0.05, 0) is 44.7 Å². The fourth-order valence-electron chi connectivity index (χ4n) is 4.75. The molecule has 0 aromatic carbocycles. The lowest BCUT2D eigenvalue weighted by Gasteiger charge is -2.41. The lowest BCUT2D eigenvalue weighted by atomic mass is 10.1. The van der Waals surface area contributed by atoms with Crippen molar-refractivity contribution in [3.05, 3.63) is 34.6 Å². The van der Waals surface area contributed by atoms with E-state index in [-0.39, 0.29) is 11.6 Å². The largest absolute Gasteiger partial charge is 0.478 e. The van der Waals surface area contributed by atoms with Crippen molar-refractivity contribution < 1.29 is 9.90 Å². The molecule has 0 spiro atoms. The van der Waals surface area contributed by atoms with E-state index in [9.17, 15) is 9.90 Å². The molecule has 2 aromatic heterocycles. The zero-order chi connectivity index (χ0) is 22.8. The zero-order valence-electron chi connectivity index (χ0n) is 19.0. The van der Waals surface area contributed by atoms with Crippen molar-refractivity contribution >= 4 is 35.2 Å². The number of nitrogens with zero attached hydrogens (tertiary/aromatic N) is 6. The highest BCUT2D eigenvalue weighted by Crippen LogP contribution is 2.29. The number of anilines is 3. The maximum atomic E-state index is 11.4. The molecule has 2 saturated heterocycles. The van der Waals surface area contributed by atoms with Gasteiger partial charge >= 0.3 is 5.97 Å². The Morgan fingerprint density at radius 3 is 2.62 bits per heavy atom. The van der Waals surface area contributed by atoms with Crippen LogP contribution >= 0.6 is 11.6 Å². The van der Waals surface area contributed by atoms with E-state index in [4.69, 9.17) is 16.6 Å². The molecular formula is C23H31ClN6O2. The van der Waals surface area contributed by atoms with Crippen LogP contribution in [-0.2, 0) is 6.42 Å². The van der Waals surface area contributed by atoms with Crippen LogP contribution in [0, 0.1) is 0 Å². The highest BCUT2D eigenvalue weighted by Gasteiger charge is 2.29. The third kappa shape index (κ3) is 4.60.